The predicted octanol–water partition coefficient (Wildman–Crippen LogP) is 1.33. The standard InChI is InChI=1S/C11H20O3/c1-11(2)5-4-6-13-9-10-14-8-7-12-3/h11H,6-10H2,1-3H3. The molecule has 82 valence electrons. The van der Waals surface area contributed by atoms with E-state index in [4.69, 9.17) is 14.2 Å². The third-order valence-electron chi connectivity index (χ3n) is 1.37. The molecule has 0 N–H and O–H groups in total. The Balaban J connectivity index is 3.04. The fourth-order valence-electron chi connectivity index (χ4n) is 0.731. The Morgan fingerprint density at radius 2 is 1.64 bits per heavy atom. The number of hydrogen-bond acceptors (Lipinski definition) is 3. The summed E-state index contributed by atoms with van der Waals surface area (Å²) in [5, 5.41) is 0. The Morgan fingerprint density at radius 1 is 1.00 bits per heavy atom. The molecule has 0 heterocycles. The van der Waals surface area contributed by atoms with Crippen LogP contribution in [0, 0.1) is 17.8 Å². The molecule has 0 aliphatic heterocycles. The van der Waals surface area contributed by atoms with E-state index in [9.17, 15) is 0 Å². The van der Waals surface area contributed by atoms with Crippen LogP contribution in [0.2, 0.25) is 0 Å². The van der Waals surface area contributed by atoms with E-state index in [1.807, 2.05) is 0 Å². The molecular weight excluding hydrogens is 180 g/mol. The molecule has 0 aromatic heterocycles. The minimum Gasteiger partial charge on any atom is -0.382 e. The Morgan fingerprint density at radius 3 is 2.29 bits per heavy atom. The van der Waals surface area contributed by atoms with Gasteiger partial charge in [-0.05, 0) is 0 Å². The Labute approximate surface area is 86.7 Å². The van der Waals surface area contributed by atoms with Crippen molar-refractivity contribution in [3.63, 3.8) is 0 Å². The molecule has 0 fully saturated rings. The van der Waals surface area contributed by atoms with Gasteiger partial charge < -0.3 is 14.2 Å². The van der Waals surface area contributed by atoms with Crippen molar-refractivity contribution >= 4 is 0 Å². The van der Waals surface area contributed by atoms with Crippen molar-refractivity contribution in [1.82, 2.24) is 0 Å². The van der Waals surface area contributed by atoms with Crippen molar-refractivity contribution in [2.24, 2.45) is 5.92 Å². The Hall–Kier alpha value is -0.560. The monoisotopic (exact) mass is 200 g/mol. The number of hydrogen-bond donors (Lipinski definition) is 0. The van der Waals surface area contributed by atoms with E-state index in [0.29, 0.717) is 39.0 Å². The highest BCUT2D eigenvalue weighted by Gasteiger charge is 1.87. The summed E-state index contributed by atoms with van der Waals surface area (Å²) in [6.07, 6.45) is 0. The zero-order valence-corrected chi connectivity index (χ0v) is 9.34. The summed E-state index contributed by atoms with van der Waals surface area (Å²) in [5.74, 6) is 6.37. The fourth-order valence-corrected chi connectivity index (χ4v) is 0.731. The third kappa shape index (κ3) is 11.4. The van der Waals surface area contributed by atoms with Crippen LogP contribution in [-0.2, 0) is 14.2 Å². The van der Waals surface area contributed by atoms with Crippen LogP contribution in [0.5, 0.6) is 0 Å². The average molecular weight is 200 g/mol. The van der Waals surface area contributed by atoms with Gasteiger partial charge in [0.15, 0.2) is 0 Å². The maximum Gasteiger partial charge on any atom is 0.107 e. The van der Waals surface area contributed by atoms with Crippen LogP contribution >= 0.6 is 0 Å². The van der Waals surface area contributed by atoms with E-state index >= 15 is 0 Å². The fraction of sp³-hybridized carbons (Fsp3) is 0.818. The van der Waals surface area contributed by atoms with Gasteiger partial charge in [-0.25, -0.2) is 0 Å². The molecule has 0 aromatic carbocycles. The molecule has 0 saturated heterocycles. The Bertz CT molecular complexity index is 167. The molecule has 14 heavy (non-hydrogen) atoms. The highest BCUT2D eigenvalue weighted by molar-refractivity contribution is 5.01. The van der Waals surface area contributed by atoms with Gasteiger partial charge in [0, 0.05) is 13.0 Å². The van der Waals surface area contributed by atoms with Gasteiger partial charge in [0.2, 0.25) is 0 Å². The molecule has 0 spiro atoms. The third-order valence-corrected chi connectivity index (χ3v) is 1.37. The lowest BCUT2D eigenvalue weighted by Gasteiger charge is -2.02. The van der Waals surface area contributed by atoms with E-state index in [1.54, 1.807) is 7.11 Å². The maximum absolute atomic E-state index is 5.22. The number of methoxy groups -OCH3 is 1. The lowest BCUT2D eigenvalue weighted by atomic mass is 10.2. The van der Waals surface area contributed by atoms with Gasteiger partial charge in [-0.1, -0.05) is 25.7 Å². The van der Waals surface area contributed by atoms with Gasteiger partial charge >= 0.3 is 0 Å². The smallest absolute Gasteiger partial charge is 0.107 e. The van der Waals surface area contributed by atoms with E-state index in [2.05, 4.69) is 25.7 Å². The van der Waals surface area contributed by atoms with Crippen LogP contribution < -0.4 is 0 Å². The van der Waals surface area contributed by atoms with Crippen LogP contribution in [0.3, 0.4) is 0 Å². The second-order valence-electron chi connectivity index (χ2n) is 3.13. The summed E-state index contributed by atoms with van der Waals surface area (Å²) < 4.78 is 15.3. The topological polar surface area (TPSA) is 27.7 Å². The molecule has 3 nitrogen and oxygen atoms in total. The molecule has 0 aliphatic rings. The summed E-state index contributed by atoms with van der Waals surface area (Å²) in [4.78, 5) is 0. The number of rotatable bonds is 7. The first-order valence-electron chi connectivity index (χ1n) is 4.90. The lowest BCUT2D eigenvalue weighted by molar-refractivity contribution is 0.0324. The summed E-state index contributed by atoms with van der Waals surface area (Å²) >= 11 is 0. The summed E-state index contributed by atoms with van der Waals surface area (Å²) in [5.41, 5.74) is 0. The van der Waals surface area contributed by atoms with Gasteiger partial charge in [0.05, 0.1) is 26.4 Å². The largest absolute Gasteiger partial charge is 0.382 e. The molecule has 0 unspecified atom stereocenters. The van der Waals surface area contributed by atoms with E-state index in [1.165, 1.54) is 0 Å². The van der Waals surface area contributed by atoms with E-state index in [0.717, 1.165) is 0 Å². The SMILES string of the molecule is COCCOCCOCC#CC(C)C. The molecule has 0 rings (SSSR count). The predicted molar refractivity (Wildman–Crippen MR) is 56.1 cm³/mol. The highest BCUT2D eigenvalue weighted by atomic mass is 16.5. The number of ether oxygens (including phenoxy) is 3. The van der Waals surface area contributed by atoms with Crippen LogP contribution in [-0.4, -0.2) is 40.1 Å². The van der Waals surface area contributed by atoms with Crippen molar-refractivity contribution < 1.29 is 14.2 Å². The van der Waals surface area contributed by atoms with Gasteiger partial charge in [-0.2, -0.15) is 0 Å². The van der Waals surface area contributed by atoms with Gasteiger partial charge in [-0.3, -0.25) is 0 Å². The van der Waals surface area contributed by atoms with Crippen molar-refractivity contribution in [3.8, 4) is 11.8 Å². The second kappa shape index (κ2) is 10.5. The molecule has 0 amide bonds. The second-order valence-corrected chi connectivity index (χ2v) is 3.13. The lowest BCUT2D eigenvalue weighted by Crippen LogP contribution is -2.08. The Kier molecular flexibility index (Phi) is 10.1. The summed E-state index contributed by atoms with van der Waals surface area (Å²) in [6.45, 7) is 7.06. The van der Waals surface area contributed by atoms with Gasteiger partial charge in [0.25, 0.3) is 0 Å². The van der Waals surface area contributed by atoms with Crippen molar-refractivity contribution in [2.45, 2.75) is 13.8 Å². The minimum absolute atomic E-state index is 0.413. The molecular formula is C11H20O3. The summed E-state index contributed by atoms with van der Waals surface area (Å²) in [7, 11) is 1.65. The van der Waals surface area contributed by atoms with Gasteiger partial charge in [-0.15, -0.1) is 0 Å². The van der Waals surface area contributed by atoms with Crippen LogP contribution in [0.15, 0.2) is 0 Å². The molecule has 0 aromatic rings. The normalized spacial score (nSPS) is 10.0. The summed E-state index contributed by atoms with van der Waals surface area (Å²) in [6, 6.07) is 0. The molecule has 0 radical (unpaired) electrons. The quantitative estimate of drug-likeness (QED) is 0.458. The van der Waals surface area contributed by atoms with Crippen molar-refractivity contribution in [3.05, 3.63) is 0 Å². The van der Waals surface area contributed by atoms with Crippen molar-refractivity contribution in [1.29, 1.82) is 0 Å². The van der Waals surface area contributed by atoms with E-state index < -0.39 is 0 Å². The minimum atomic E-state index is 0.413. The maximum atomic E-state index is 5.22. The molecule has 0 atom stereocenters. The first-order chi connectivity index (χ1) is 6.77. The zero-order valence-electron chi connectivity index (χ0n) is 9.34. The van der Waals surface area contributed by atoms with Crippen molar-refractivity contribution in [2.75, 3.05) is 40.1 Å². The first kappa shape index (κ1) is 13.4. The molecule has 0 saturated carbocycles. The first-order valence-corrected chi connectivity index (χ1v) is 4.90. The van der Waals surface area contributed by atoms with Gasteiger partial charge in [0.1, 0.15) is 6.61 Å². The molecule has 3 heteroatoms. The zero-order chi connectivity index (χ0) is 10.6. The molecule has 0 bridgehead atoms. The van der Waals surface area contributed by atoms with Crippen LogP contribution in [0.25, 0.3) is 0 Å². The van der Waals surface area contributed by atoms with E-state index in [-0.39, 0.29) is 0 Å². The highest BCUT2D eigenvalue weighted by Crippen LogP contribution is 1.85. The average Bonchev–Trinajstić information content (AvgIpc) is 2.15. The van der Waals surface area contributed by atoms with Crippen LogP contribution in [0.1, 0.15) is 13.8 Å². The van der Waals surface area contributed by atoms with Crippen LogP contribution in [0.4, 0.5) is 0 Å². The molecule has 0 aliphatic carbocycles.